The van der Waals surface area contributed by atoms with E-state index in [-0.39, 0.29) is 12.0 Å². The Morgan fingerprint density at radius 2 is 2.08 bits per heavy atom. The number of nitrogens with one attached hydrogen (secondary N) is 1. The molecule has 2 heterocycles. The van der Waals surface area contributed by atoms with Crippen LogP contribution in [0.3, 0.4) is 0 Å². The molecule has 0 aromatic heterocycles. The first kappa shape index (κ1) is 18.1. The van der Waals surface area contributed by atoms with Gasteiger partial charge in [-0.15, -0.1) is 0 Å². The average molecular weight is 346 g/mol. The molecule has 0 unspecified atom stereocenters. The number of rotatable bonds is 6. The van der Waals surface area contributed by atoms with Gasteiger partial charge in [0.1, 0.15) is 17.6 Å². The first-order chi connectivity index (χ1) is 12.0. The summed E-state index contributed by atoms with van der Waals surface area (Å²) >= 11 is 0. The maximum atomic E-state index is 12.3. The van der Waals surface area contributed by atoms with Crippen LogP contribution in [0.15, 0.2) is 12.1 Å². The Bertz CT molecular complexity index is 609. The normalized spacial score (nSPS) is 20.8. The largest absolute Gasteiger partial charge is 0.494 e. The van der Waals surface area contributed by atoms with Crippen molar-refractivity contribution in [3.8, 4) is 11.5 Å². The minimum atomic E-state index is 0.0757. The molecule has 1 N–H and O–H groups in total. The highest BCUT2D eigenvalue weighted by molar-refractivity contribution is 5.78. The van der Waals surface area contributed by atoms with Gasteiger partial charge in [-0.2, -0.15) is 0 Å². The van der Waals surface area contributed by atoms with Crippen LogP contribution in [0.4, 0.5) is 0 Å². The third-order valence-electron chi connectivity index (χ3n) is 5.10. The summed E-state index contributed by atoms with van der Waals surface area (Å²) in [6, 6.07) is 4.09. The van der Waals surface area contributed by atoms with Crippen molar-refractivity contribution in [2.75, 3.05) is 26.2 Å². The molecule has 5 heteroatoms. The van der Waals surface area contributed by atoms with Crippen molar-refractivity contribution >= 4 is 5.91 Å². The van der Waals surface area contributed by atoms with Crippen LogP contribution in [0.25, 0.3) is 0 Å². The standard InChI is InChI=1S/C20H30N2O3/c1-4-24-18-10-16-9-15(3)25-19(16)11-17(18)12-21-20(23)13-22-7-5-14(2)6-8-22/h10-11,14-15H,4-9,12-13H2,1-3H3,(H,21,23)/t15-/m0/s1. The summed E-state index contributed by atoms with van der Waals surface area (Å²) < 4.78 is 11.6. The average Bonchev–Trinajstić information content (AvgIpc) is 2.94. The summed E-state index contributed by atoms with van der Waals surface area (Å²) in [7, 11) is 0. The van der Waals surface area contributed by atoms with E-state index in [9.17, 15) is 4.79 Å². The molecule has 25 heavy (non-hydrogen) atoms. The van der Waals surface area contributed by atoms with E-state index in [1.165, 1.54) is 18.4 Å². The summed E-state index contributed by atoms with van der Waals surface area (Å²) in [6.45, 7) is 9.93. The second-order valence-corrected chi connectivity index (χ2v) is 7.37. The Hall–Kier alpha value is -1.75. The van der Waals surface area contributed by atoms with Crippen LogP contribution in [0.2, 0.25) is 0 Å². The lowest BCUT2D eigenvalue weighted by molar-refractivity contribution is -0.122. The van der Waals surface area contributed by atoms with Crippen LogP contribution in [0.1, 0.15) is 44.7 Å². The number of hydrogen-bond acceptors (Lipinski definition) is 4. The molecule has 138 valence electrons. The quantitative estimate of drug-likeness (QED) is 0.860. The van der Waals surface area contributed by atoms with Crippen molar-refractivity contribution in [1.29, 1.82) is 0 Å². The molecule has 5 nitrogen and oxygen atoms in total. The van der Waals surface area contributed by atoms with E-state index in [0.717, 1.165) is 42.5 Å². The molecule has 0 spiro atoms. The Morgan fingerprint density at radius 3 is 2.80 bits per heavy atom. The molecule has 1 fully saturated rings. The smallest absolute Gasteiger partial charge is 0.234 e. The van der Waals surface area contributed by atoms with Crippen molar-refractivity contribution in [2.45, 2.75) is 52.7 Å². The molecule has 1 saturated heterocycles. The molecule has 3 rings (SSSR count). The zero-order valence-electron chi connectivity index (χ0n) is 15.6. The number of likely N-dealkylation sites (tertiary alicyclic amines) is 1. The van der Waals surface area contributed by atoms with E-state index < -0.39 is 0 Å². The summed E-state index contributed by atoms with van der Waals surface area (Å²) in [5.41, 5.74) is 2.17. The van der Waals surface area contributed by atoms with Crippen LogP contribution in [0.5, 0.6) is 11.5 Å². The molecule has 1 aromatic carbocycles. The Morgan fingerprint density at radius 1 is 1.32 bits per heavy atom. The van der Waals surface area contributed by atoms with Gasteiger partial charge in [-0.25, -0.2) is 0 Å². The summed E-state index contributed by atoms with van der Waals surface area (Å²) in [5.74, 6) is 2.63. The van der Waals surface area contributed by atoms with E-state index in [0.29, 0.717) is 19.7 Å². The number of carbonyl (C=O) groups excluding carboxylic acids is 1. The zero-order valence-corrected chi connectivity index (χ0v) is 15.6. The van der Waals surface area contributed by atoms with E-state index in [1.54, 1.807) is 0 Å². The van der Waals surface area contributed by atoms with E-state index in [4.69, 9.17) is 9.47 Å². The van der Waals surface area contributed by atoms with Gasteiger partial charge in [-0.1, -0.05) is 6.92 Å². The molecular formula is C20H30N2O3. The number of piperidine rings is 1. The highest BCUT2D eigenvalue weighted by Gasteiger charge is 2.22. The van der Waals surface area contributed by atoms with Crippen LogP contribution in [-0.2, 0) is 17.8 Å². The van der Waals surface area contributed by atoms with Crippen molar-refractivity contribution in [3.05, 3.63) is 23.3 Å². The van der Waals surface area contributed by atoms with Crippen molar-refractivity contribution in [2.24, 2.45) is 5.92 Å². The van der Waals surface area contributed by atoms with Crippen LogP contribution < -0.4 is 14.8 Å². The number of amides is 1. The van der Waals surface area contributed by atoms with Crippen LogP contribution in [0, 0.1) is 5.92 Å². The Labute approximate surface area is 150 Å². The van der Waals surface area contributed by atoms with Gasteiger partial charge in [0.2, 0.25) is 5.91 Å². The van der Waals surface area contributed by atoms with Crippen LogP contribution >= 0.6 is 0 Å². The van der Waals surface area contributed by atoms with Gasteiger partial charge in [0.15, 0.2) is 0 Å². The molecule has 0 radical (unpaired) electrons. The fourth-order valence-corrected chi connectivity index (χ4v) is 3.58. The molecule has 1 amide bonds. The third kappa shape index (κ3) is 4.66. The molecule has 0 aliphatic carbocycles. The predicted molar refractivity (Wildman–Crippen MR) is 98.1 cm³/mol. The van der Waals surface area contributed by atoms with Gasteiger partial charge in [0.25, 0.3) is 0 Å². The maximum Gasteiger partial charge on any atom is 0.234 e. The number of nitrogens with zero attached hydrogens (tertiary/aromatic N) is 1. The van der Waals surface area contributed by atoms with E-state index in [1.807, 2.05) is 13.0 Å². The fourth-order valence-electron chi connectivity index (χ4n) is 3.58. The second-order valence-electron chi connectivity index (χ2n) is 7.37. The van der Waals surface area contributed by atoms with Crippen LogP contribution in [-0.4, -0.2) is 43.2 Å². The summed E-state index contributed by atoms with van der Waals surface area (Å²) in [6.07, 6.45) is 3.48. The molecule has 2 aliphatic rings. The molecule has 0 bridgehead atoms. The molecule has 1 aromatic rings. The highest BCUT2D eigenvalue weighted by Crippen LogP contribution is 2.35. The number of carbonyl (C=O) groups is 1. The minimum absolute atomic E-state index is 0.0757. The second kappa shape index (κ2) is 8.09. The lowest BCUT2D eigenvalue weighted by Gasteiger charge is -2.29. The SMILES string of the molecule is CCOc1cc2c(cc1CNC(=O)CN1CCC(C)CC1)O[C@@H](C)C2. The van der Waals surface area contributed by atoms with Gasteiger partial charge in [-0.3, -0.25) is 9.69 Å². The predicted octanol–water partition coefficient (Wildman–Crippen LogP) is 2.76. The monoisotopic (exact) mass is 346 g/mol. The third-order valence-corrected chi connectivity index (χ3v) is 5.10. The molecule has 0 saturated carbocycles. The zero-order chi connectivity index (χ0) is 17.8. The first-order valence-corrected chi connectivity index (χ1v) is 9.49. The van der Waals surface area contributed by atoms with Gasteiger partial charge in [0, 0.05) is 24.1 Å². The molecular weight excluding hydrogens is 316 g/mol. The first-order valence-electron chi connectivity index (χ1n) is 9.49. The number of benzene rings is 1. The summed E-state index contributed by atoms with van der Waals surface area (Å²) in [5, 5.41) is 3.04. The lowest BCUT2D eigenvalue weighted by Crippen LogP contribution is -2.41. The van der Waals surface area contributed by atoms with E-state index in [2.05, 4.69) is 30.1 Å². The number of fused-ring (bicyclic) bond motifs is 1. The summed E-state index contributed by atoms with van der Waals surface area (Å²) in [4.78, 5) is 14.5. The fraction of sp³-hybridized carbons (Fsp3) is 0.650. The molecule has 1 atom stereocenters. The number of ether oxygens (including phenoxy) is 2. The van der Waals surface area contributed by atoms with Gasteiger partial charge in [0.05, 0.1) is 13.2 Å². The molecule has 2 aliphatic heterocycles. The Balaban J connectivity index is 1.58. The van der Waals surface area contributed by atoms with Gasteiger partial charge >= 0.3 is 0 Å². The van der Waals surface area contributed by atoms with Crippen molar-refractivity contribution < 1.29 is 14.3 Å². The van der Waals surface area contributed by atoms with E-state index >= 15 is 0 Å². The van der Waals surface area contributed by atoms with Crippen molar-refractivity contribution in [3.63, 3.8) is 0 Å². The lowest BCUT2D eigenvalue weighted by atomic mass is 9.99. The van der Waals surface area contributed by atoms with Gasteiger partial charge < -0.3 is 14.8 Å². The highest BCUT2D eigenvalue weighted by atomic mass is 16.5. The maximum absolute atomic E-state index is 12.3. The minimum Gasteiger partial charge on any atom is -0.494 e. The Kier molecular flexibility index (Phi) is 5.84. The van der Waals surface area contributed by atoms with Crippen molar-refractivity contribution in [1.82, 2.24) is 10.2 Å². The number of hydrogen-bond donors (Lipinski definition) is 1. The topological polar surface area (TPSA) is 50.8 Å². The van der Waals surface area contributed by atoms with Gasteiger partial charge in [-0.05, 0) is 57.8 Å².